The van der Waals surface area contributed by atoms with Crippen molar-refractivity contribution in [2.24, 2.45) is 5.92 Å². The normalized spacial score (nSPS) is 23.1. The first-order chi connectivity index (χ1) is 9.56. The highest BCUT2D eigenvalue weighted by molar-refractivity contribution is 5.68. The molecule has 0 spiro atoms. The second kappa shape index (κ2) is 6.64. The summed E-state index contributed by atoms with van der Waals surface area (Å²) < 4.78 is 26.1. The first kappa shape index (κ1) is 14.7. The van der Waals surface area contributed by atoms with Gasteiger partial charge in [0.2, 0.25) is 0 Å². The van der Waals surface area contributed by atoms with E-state index in [-0.39, 0.29) is 12.3 Å². The van der Waals surface area contributed by atoms with E-state index < -0.39 is 17.6 Å². The molecule has 0 aliphatic heterocycles. The summed E-state index contributed by atoms with van der Waals surface area (Å²) in [5.74, 6) is -1.74. The molecule has 0 amide bonds. The van der Waals surface area contributed by atoms with Crippen LogP contribution >= 0.6 is 0 Å². The van der Waals surface area contributed by atoms with E-state index in [1.807, 2.05) is 6.08 Å². The van der Waals surface area contributed by atoms with Gasteiger partial charge < -0.3 is 5.11 Å². The number of benzene rings is 1. The van der Waals surface area contributed by atoms with Crippen molar-refractivity contribution < 1.29 is 18.7 Å². The molecule has 108 valence electrons. The molecule has 1 aliphatic carbocycles. The average molecular weight is 280 g/mol. The maximum absolute atomic E-state index is 13.2. The summed E-state index contributed by atoms with van der Waals surface area (Å²) in [6.45, 7) is 0. The highest BCUT2D eigenvalue weighted by atomic mass is 19.2. The zero-order valence-corrected chi connectivity index (χ0v) is 11.2. The molecule has 0 heterocycles. The Morgan fingerprint density at radius 3 is 2.50 bits per heavy atom. The van der Waals surface area contributed by atoms with E-state index in [1.54, 1.807) is 12.1 Å². The third-order valence-corrected chi connectivity index (χ3v) is 3.89. The lowest BCUT2D eigenvalue weighted by Gasteiger charge is -2.27. The van der Waals surface area contributed by atoms with Gasteiger partial charge in [-0.1, -0.05) is 18.2 Å². The van der Waals surface area contributed by atoms with Gasteiger partial charge in [-0.25, -0.2) is 8.78 Å². The molecule has 1 aliphatic rings. The third kappa shape index (κ3) is 3.89. The van der Waals surface area contributed by atoms with Crippen LogP contribution in [0, 0.1) is 17.6 Å². The van der Waals surface area contributed by atoms with Gasteiger partial charge in [0.25, 0.3) is 0 Å². The van der Waals surface area contributed by atoms with E-state index in [2.05, 4.69) is 0 Å². The number of hydrogen-bond donors (Lipinski definition) is 1. The minimum atomic E-state index is -0.822. The van der Waals surface area contributed by atoms with E-state index in [0.29, 0.717) is 5.92 Å². The molecular weight excluding hydrogens is 262 g/mol. The van der Waals surface area contributed by atoms with E-state index in [9.17, 15) is 13.6 Å². The molecule has 4 heteroatoms. The number of aliphatic carboxylic acids is 1. The Hall–Kier alpha value is -1.71. The number of hydrogen-bond acceptors (Lipinski definition) is 1. The minimum absolute atomic E-state index is 0.0586. The highest BCUT2D eigenvalue weighted by Gasteiger charge is 2.21. The van der Waals surface area contributed by atoms with Crippen LogP contribution in [0.1, 0.15) is 43.6 Å². The zero-order chi connectivity index (χ0) is 14.5. The Morgan fingerprint density at radius 2 is 1.90 bits per heavy atom. The van der Waals surface area contributed by atoms with Crippen molar-refractivity contribution in [2.45, 2.75) is 38.0 Å². The smallest absolute Gasteiger partial charge is 0.307 e. The van der Waals surface area contributed by atoms with Crippen LogP contribution in [0.3, 0.4) is 0 Å². The predicted octanol–water partition coefficient (Wildman–Crippen LogP) is 4.27. The monoisotopic (exact) mass is 280 g/mol. The Labute approximate surface area is 117 Å². The third-order valence-electron chi connectivity index (χ3n) is 3.89. The SMILES string of the molecule is O=C(O)CC=C[C@H]1CC[C@H](c2ccc(F)c(F)c2)CC1. The van der Waals surface area contributed by atoms with Crippen molar-refractivity contribution in [2.75, 3.05) is 0 Å². The summed E-state index contributed by atoms with van der Waals surface area (Å²) in [5, 5.41) is 8.56. The van der Waals surface area contributed by atoms with Crippen LogP contribution in [0.4, 0.5) is 8.78 Å². The fourth-order valence-electron chi connectivity index (χ4n) is 2.77. The summed E-state index contributed by atoms with van der Waals surface area (Å²) in [6.07, 6.45) is 7.49. The van der Waals surface area contributed by atoms with Gasteiger partial charge in [0.1, 0.15) is 0 Å². The van der Waals surface area contributed by atoms with Crippen LogP contribution in [-0.2, 0) is 4.79 Å². The maximum Gasteiger partial charge on any atom is 0.307 e. The summed E-state index contributed by atoms with van der Waals surface area (Å²) >= 11 is 0. The molecule has 1 aromatic rings. The van der Waals surface area contributed by atoms with Crippen LogP contribution in [0.2, 0.25) is 0 Å². The molecule has 1 aromatic carbocycles. The summed E-state index contributed by atoms with van der Waals surface area (Å²) in [6, 6.07) is 4.13. The van der Waals surface area contributed by atoms with Crippen molar-refractivity contribution in [3.05, 3.63) is 47.5 Å². The van der Waals surface area contributed by atoms with Crippen LogP contribution in [0.15, 0.2) is 30.4 Å². The first-order valence-corrected chi connectivity index (χ1v) is 6.89. The standard InChI is InChI=1S/C16H18F2O2/c17-14-9-8-13(10-15(14)18)12-6-4-11(5-7-12)2-1-3-16(19)20/h1-2,8-12H,3-7H2,(H,19,20)/t11-,12-. The van der Waals surface area contributed by atoms with Gasteiger partial charge in [-0.05, 0) is 55.2 Å². The average Bonchev–Trinajstić information content (AvgIpc) is 2.42. The van der Waals surface area contributed by atoms with Gasteiger partial charge in [0, 0.05) is 0 Å². The number of allylic oxidation sites excluding steroid dienone is 1. The Morgan fingerprint density at radius 1 is 1.20 bits per heavy atom. The molecule has 0 saturated heterocycles. The quantitative estimate of drug-likeness (QED) is 0.836. The second-order valence-corrected chi connectivity index (χ2v) is 5.31. The fourth-order valence-corrected chi connectivity index (χ4v) is 2.77. The second-order valence-electron chi connectivity index (χ2n) is 5.31. The Bertz CT molecular complexity index is 503. The van der Waals surface area contributed by atoms with Crippen molar-refractivity contribution in [1.29, 1.82) is 0 Å². The van der Waals surface area contributed by atoms with Crippen molar-refractivity contribution in [1.82, 2.24) is 0 Å². The van der Waals surface area contributed by atoms with E-state index in [0.717, 1.165) is 31.2 Å². The van der Waals surface area contributed by atoms with Gasteiger partial charge in [-0.2, -0.15) is 0 Å². The Kier molecular flexibility index (Phi) is 4.88. The van der Waals surface area contributed by atoms with E-state index in [1.165, 1.54) is 12.1 Å². The number of halogens is 2. The maximum atomic E-state index is 13.2. The van der Waals surface area contributed by atoms with E-state index in [4.69, 9.17) is 5.11 Å². The molecule has 1 fully saturated rings. The molecule has 0 radical (unpaired) electrons. The van der Waals surface area contributed by atoms with Gasteiger partial charge in [0.05, 0.1) is 6.42 Å². The van der Waals surface area contributed by atoms with Gasteiger partial charge in [-0.15, -0.1) is 0 Å². The van der Waals surface area contributed by atoms with Crippen LogP contribution in [0.25, 0.3) is 0 Å². The topological polar surface area (TPSA) is 37.3 Å². The van der Waals surface area contributed by atoms with Crippen molar-refractivity contribution >= 4 is 5.97 Å². The lowest BCUT2D eigenvalue weighted by molar-refractivity contribution is -0.136. The summed E-state index contributed by atoms with van der Waals surface area (Å²) in [4.78, 5) is 10.4. The summed E-state index contributed by atoms with van der Waals surface area (Å²) in [7, 11) is 0. The van der Waals surface area contributed by atoms with Crippen LogP contribution in [0.5, 0.6) is 0 Å². The molecule has 2 rings (SSSR count). The van der Waals surface area contributed by atoms with Crippen molar-refractivity contribution in [3.63, 3.8) is 0 Å². The molecule has 0 aromatic heterocycles. The summed E-state index contributed by atoms with van der Waals surface area (Å²) in [5.41, 5.74) is 0.858. The molecule has 0 bridgehead atoms. The number of carboxylic acid groups (broad SMARTS) is 1. The molecule has 0 unspecified atom stereocenters. The van der Waals surface area contributed by atoms with Gasteiger partial charge >= 0.3 is 5.97 Å². The Balaban J connectivity index is 1.89. The first-order valence-electron chi connectivity index (χ1n) is 6.89. The number of carbonyl (C=O) groups is 1. The molecule has 0 atom stereocenters. The minimum Gasteiger partial charge on any atom is -0.481 e. The van der Waals surface area contributed by atoms with Crippen molar-refractivity contribution in [3.8, 4) is 0 Å². The van der Waals surface area contributed by atoms with Gasteiger partial charge in [-0.3, -0.25) is 4.79 Å². The van der Waals surface area contributed by atoms with Crippen LogP contribution in [-0.4, -0.2) is 11.1 Å². The molecule has 1 saturated carbocycles. The molecule has 1 N–H and O–H groups in total. The van der Waals surface area contributed by atoms with Gasteiger partial charge in [0.15, 0.2) is 11.6 Å². The highest BCUT2D eigenvalue weighted by Crippen LogP contribution is 2.36. The number of carboxylic acids is 1. The predicted molar refractivity (Wildman–Crippen MR) is 72.4 cm³/mol. The van der Waals surface area contributed by atoms with Crippen LogP contribution < -0.4 is 0 Å². The largest absolute Gasteiger partial charge is 0.481 e. The molecule has 20 heavy (non-hydrogen) atoms. The lowest BCUT2D eigenvalue weighted by atomic mass is 9.78. The van der Waals surface area contributed by atoms with E-state index >= 15 is 0 Å². The molecule has 2 nitrogen and oxygen atoms in total. The number of rotatable bonds is 4. The molecular formula is C16H18F2O2. The fraction of sp³-hybridized carbons (Fsp3) is 0.438. The zero-order valence-electron chi connectivity index (χ0n) is 11.2. The lowest BCUT2D eigenvalue weighted by Crippen LogP contribution is -2.12.